The summed E-state index contributed by atoms with van der Waals surface area (Å²) in [6.07, 6.45) is 1.63. The summed E-state index contributed by atoms with van der Waals surface area (Å²) in [5.74, 6) is -1.33. The Labute approximate surface area is 129 Å². The van der Waals surface area contributed by atoms with E-state index in [9.17, 15) is 15.2 Å². The van der Waals surface area contributed by atoms with Gasteiger partial charge in [0.25, 0.3) is 0 Å². The average molecular weight is 298 g/mol. The fraction of sp³-hybridized carbons (Fsp3) is 0.438. The third-order valence-corrected chi connectivity index (χ3v) is 4.37. The number of fused-ring (bicyclic) bond motifs is 1. The largest absolute Gasteiger partial charge is 0.480 e. The third-order valence-electron chi connectivity index (χ3n) is 4.37. The van der Waals surface area contributed by atoms with Crippen LogP contribution < -0.4 is 5.32 Å². The van der Waals surface area contributed by atoms with Gasteiger partial charge in [-0.1, -0.05) is 23.8 Å². The van der Waals surface area contributed by atoms with Gasteiger partial charge in [-0.25, -0.2) is 0 Å². The number of aliphatic carboxylic acids is 1. The zero-order valence-electron chi connectivity index (χ0n) is 12.5. The van der Waals surface area contributed by atoms with Gasteiger partial charge in [-0.15, -0.1) is 0 Å². The lowest BCUT2D eigenvalue weighted by Gasteiger charge is -2.41. The SMILES string of the molecule is Cc1ccc(C2CC(C(=O)O)NC3C(C#N)C=NN23)c(C)c1. The molecule has 0 saturated carbocycles. The highest BCUT2D eigenvalue weighted by atomic mass is 16.4. The van der Waals surface area contributed by atoms with Crippen molar-refractivity contribution in [1.82, 2.24) is 10.3 Å². The Bertz CT molecular complexity index is 679. The second kappa shape index (κ2) is 5.43. The van der Waals surface area contributed by atoms with E-state index in [0.717, 1.165) is 11.1 Å². The molecular formula is C16H18N4O2. The summed E-state index contributed by atoms with van der Waals surface area (Å²) in [6.45, 7) is 4.05. The first kappa shape index (κ1) is 14.5. The Morgan fingerprint density at radius 3 is 2.91 bits per heavy atom. The Balaban J connectivity index is 1.99. The van der Waals surface area contributed by atoms with Crippen LogP contribution in [0.4, 0.5) is 0 Å². The Morgan fingerprint density at radius 1 is 1.50 bits per heavy atom. The Kier molecular flexibility index (Phi) is 3.59. The molecule has 22 heavy (non-hydrogen) atoms. The summed E-state index contributed by atoms with van der Waals surface area (Å²) in [5, 5.41) is 27.8. The molecule has 1 aromatic rings. The van der Waals surface area contributed by atoms with Gasteiger partial charge in [0.15, 0.2) is 0 Å². The molecule has 4 unspecified atom stereocenters. The van der Waals surface area contributed by atoms with E-state index in [0.29, 0.717) is 6.42 Å². The summed E-state index contributed by atoms with van der Waals surface area (Å²) in [5.41, 5.74) is 3.35. The topological polar surface area (TPSA) is 88.7 Å². The van der Waals surface area contributed by atoms with Crippen LogP contribution in [0.3, 0.4) is 0 Å². The van der Waals surface area contributed by atoms with E-state index < -0.39 is 17.9 Å². The molecule has 0 radical (unpaired) electrons. The van der Waals surface area contributed by atoms with Crippen molar-refractivity contribution in [2.45, 2.75) is 38.5 Å². The fourth-order valence-electron chi connectivity index (χ4n) is 3.27. The smallest absolute Gasteiger partial charge is 0.320 e. The van der Waals surface area contributed by atoms with Crippen LogP contribution in [-0.2, 0) is 4.79 Å². The first-order valence-corrected chi connectivity index (χ1v) is 7.29. The molecule has 0 aliphatic carbocycles. The first-order chi connectivity index (χ1) is 10.5. The van der Waals surface area contributed by atoms with E-state index in [2.05, 4.69) is 22.6 Å². The highest BCUT2D eigenvalue weighted by Gasteiger charge is 2.44. The lowest BCUT2D eigenvalue weighted by molar-refractivity contribution is -0.142. The molecule has 6 nitrogen and oxygen atoms in total. The van der Waals surface area contributed by atoms with E-state index in [-0.39, 0.29) is 12.2 Å². The summed E-state index contributed by atoms with van der Waals surface area (Å²) in [4.78, 5) is 11.4. The number of nitrogens with one attached hydrogen (secondary N) is 1. The highest BCUT2D eigenvalue weighted by molar-refractivity contribution is 5.74. The minimum absolute atomic E-state index is 0.137. The van der Waals surface area contributed by atoms with Crippen LogP contribution in [-0.4, -0.2) is 34.5 Å². The second-order valence-electron chi connectivity index (χ2n) is 5.91. The van der Waals surface area contributed by atoms with Crippen molar-refractivity contribution in [2.75, 3.05) is 0 Å². The maximum atomic E-state index is 11.4. The highest BCUT2D eigenvalue weighted by Crippen LogP contribution is 2.37. The molecule has 2 N–H and O–H groups in total. The second-order valence-corrected chi connectivity index (χ2v) is 5.91. The van der Waals surface area contributed by atoms with Crippen molar-refractivity contribution in [3.63, 3.8) is 0 Å². The number of rotatable bonds is 2. The standard InChI is InChI=1S/C16H18N4O2/c1-9-3-4-12(10(2)5-9)14-6-13(16(21)22)19-15-11(7-17)8-18-20(14)15/h3-5,8,11,13-15,19H,6H2,1-2H3,(H,21,22). The van der Waals surface area contributed by atoms with E-state index in [1.54, 1.807) is 6.21 Å². The molecule has 114 valence electrons. The van der Waals surface area contributed by atoms with Crippen molar-refractivity contribution in [2.24, 2.45) is 11.0 Å². The molecule has 3 rings (SSSR count). The summed E-state index contributed by atoms with van der Waals surface area (Å²) in [7, 11) is 0. The number of benzene rings is 1. The van der Waals surface area contributed by atoms with Crippen LogP contribution in [0.5, 0.6) is 0 Å². The van der Waals surface area contributed by atoms with Crippen molar-refractivity contribution >= 4 is 12.2 Å². The lowest BCUT2D eigenvalue weighted by Crippen LogP contribution is -2.58. The van der Waals surface area contributed by atoms with Gasteiger partial charge in [0.2, 0.25) is 0 Å². The summed E-state index contributed by atoms with van der Waals surface area (Å²) < 4.78 is 0. The minimum atomic E-state index is -0.891. The molecule has 2 aliphatic rings. The number of carboxylic acid groups (broad SMARTS) is 1. The van der Waals surface area contributed by atoms with Crippen LogP contribution in [0.25, 0.3) is 0 Å². The van der Waals surface area contributed by atoms with Crippen molar-refractivity contribution in [3.8, 4) is 6.07 Å². The maximum Gasteiger partial charge on any atom is 0.320 e. The maximum absolute atomic E-state index is 11.4. The normalized spacial score (nSPS) is 30.0. The Morgan fingerprint density at radius 2 is 2.27 bits per heavy atom. The zero-order chi connectivity index (χ0) is 15.9. The monoisotopic (exact) mass is 298 g/mol. The van der Waals surface area contributed by atoms with Crippen molar-refractivity contribution in [1.29, 1.82) is 5.26 Å². The molecule has 1 aromatic carbocycles. The number of nitriles is 1. The van der Waals surface area contributed by atoms with E-state index in [4.69, 9.17) is 0 Å². The predicted molar refractivity (Wildman–Crippen MR) is 81.1 cm³/mol. The number of carbonyl (C=O) groups is 1. The van der Waals surface area contributed by atoms with Crippen LogP contribution in [0.15, 0.2) is 23.3 Å². The summed E-state index contributed by atoms with van der Waals surface area (Å²) >= 11 is 0. The van der Waals surface area contributed by atoms with E-state index >= 15 is 0 Å². The van der Waals surface area contributed by atoms with Gasteiger partial charge < -0.3 is 5.11 Å². The molecule has 4 atom stereocenters. The lowest BCUT2D eigenvalue weighted by atomic mass is 9.90. The van der Waals surface area contributed by atoms with Crippen LogP contribution in [0, 0.1) is 31.1 Å². The third kappa shape index (κ3) is 2.34. The Hall–Kier alpha value is -2.39. The summed E-state index contributed by atoms with van der Waals surface area (Å²) in [6, 6.07) is 7.50. The number of hydrazone groups is 1. The van der Waals surface area contributed by atoms with Crippen molar-refractivity contribution < 1.29 is 9.90 Å². The van der Waals surface area contributed by atoms with Gasteiger partial charge in [-0.3, -0.25) is 15.1 Å². The first-order valence-electron chi connectivity index (χ1n) is 7.29. The van der Waals surface area contributed by atoms with Gasteiger partial charge in [0.05, 0.1) is 12.1 Å². The molecule has 0 bridgehead atoms. The molecule has 1 saturated heterocycles. The molecule has 1 fully saturated rings. The van der Waals surface area contributed by atoms with Crippen LogP contribution in [0.2, 0.25) is 0 Å². The minimum Gasteiger partial charge on any atom is -0.480 e. The molecule has 2 heterocycles. The molecule has 0 amide bonds. The van der Waals surface area contributed by atoms with Gasteiger partial charge in [-0.2, -0.15) is 10.4 Å². The zero-order valence-corrected chi connectivity index (χ0v) is 12.5. The number of nitrogens with zero attached hydrogens (tertiary/aromatic N) is 3. The van der Waals surface area contributed by atoms with Gasteiger partial charge in [0.1, 0.15) is 18.1 Å². The number of hydrogen-bond acceptors (Lipinski definition) is 5. The quantitative estimate of drug-likeness (QED) is 0.865. The average Bonchev–Trinajstić information content (AvgIpc) is 2.89. The van der Waals surface area contributed by atoms with Crippen LogP contribution in [0.1, 0.15) is 29.2 Å². The predicted octanol–water partition coefficient (Wildman–Crippen LogP) is 1.56. The van der Waals surface area contributed by atoms with Gasteiger partial charge in [0, 0.05) is 6.21 Å². The van der Waals surface area contributed by atoms with E-state index in [1.165, 1.54) is 5.56 Å². The van der Waals surface area contributed by atoms with Gasteiger partial charge >= 0.3 is 5.97 Å². The number of hydrogen-bond donors (Lipinski definition) is 2. The molecule has 6 heteroatoms. The fourth-order valence-corrected chi connectivity index (χ4v) is 3.27. The molecule has 2 aliphatic heterocycles. The van der Waals surface area contributed by atoms with E-state index in [1.807, 2.05) is 31.0 Å². The van der Waals surface area contributed by atoms with Gasteiger partial charge in [-0.05, 0) is 31.4 Å². The van der Waals surface area contributed by atoms with Crippen LogP contribution >= 0.6 is 0 Å². The number of aryl methyl sites for hydroxylation is 2. The molecule has 0 spiro atoms. The number of carboxylic acids is 1. The van der Waals surface area contributed by atoms with Crippen molar-refractivity contribution in [3.05, 3.63) is 34.9 Å². The molecular weight excluding hydrogens is 280 g/mol. The molecule has 0 aromatic heterocycles.